The number of pyridine rings is 1. The summed E-state index contributed by atoms with van der Waals surface area (Å²) in [6.45, 7) is 12.4. The Labute approximate surface area is 291 Å². The molecular formula is C37H45N11O2. The number of piperidine rings is 1. The van der Waals surface area contributed by atoms with Crippen molar-refractivity contribution in [1.29, 1.82) is 0 Å². The number of carbonyl (C=O) groups is 2. The van der Waals surface area contributed by atoms with Crippen LogP contribution in [0.4, 0.5) is 23.1 Å². The van der Waals surface area contributed by atoms with Crippen LogP contribution in [0.2, 0.25) is 0 Å². The average Bonchev–Trinajstić information content (AvgIpc) is 3.68. The first-order valence-electron chi connectivity index (χ1n) is 18.0. The Hall–Kier alpha value is -5.04. The van der Waals surface area contributed by atoms with Gasteiger partial charge in [0.15, 0.2) is 0 Å². The number of hydrogen-bond acceptors (Lipinski definition) is 10. The first kappa shape index (κ1) is 32.2. The Morgan fingerprint density at radius 3 is 2.56 bits per heavy atom. The second-order valence-corrected chi connectivity index (χ2v) is 13.9. The lowest BCUT2D eigenvalue weighted by Gasteiger charge is -2.49. The number of aromatic nitrogens is 6. The van der Waals surface area contributed by atoms with E-state index in [4.69, 9.17) is 9.97 Å². The predicted octanol–water partition coefficient (Wildman–Crippen LogP) is 4.97. The van der Waals surface area contributed by atoms with Gasteiger partial charge in [-0.2, -0.15) is 10.1 Å². The van der Waals surface area contributed by atoms with Crippen LogP contribution < -0.4 is 20.4 Å². The molecule has 0 saturated carbocycles. The molecule has 13 heteroatoms. The number of nitrogens with zero attached hydrogens (tertiary/aromatic N) is 9. The van der Waals surface area contributed by atoms with Crippen LogP contribution in [-0.2, 0) is 9.59 Å². The summed E-state index contributed by atoms with van der Waals surface area (Å²) >= 11 is 0. The molecule has 50 heavy (non-hydrogen) atoms. The largest absolute Gasteiger partial charge is 0.368 e. The highest BCUT2D eigenvalue weighted by Crippen LogP contribution is 2.34. The van der Waals surface area contributed by atoms with Crippen molar-refractivity contribution >= 4 is 56.9 Å². The number of imide groups is 1. The molecule has 4 aromatic heterocycles. The molecule has 3 saturated heterocycles. The molecule has 2 unspecified atom stereocenters. The van der Waals surface area contributed by atoms with Crippen molar-refractivity contribution in [3.63, 3.8) is 0 Å². The Balaban J connectivity index is 0.862. The highest BCUT2D eigenvalue weighted by Gasteiger charge is 2.35. The van der Waals surface area contributed by atoms with Crippen LogP contribution in [0.5, 0.6) is 0 Å². The van der Waals surface area contributed by atoms with Gasteiger partial charge in [0.25, 0.3) is 5.91 Å². The summed E-state index contributed by atoms with van der Waals surface area (Å²) in [6, 6.07) is 13.0. The minimum Gasteiger partial charge on any atom is -0.368 e. The first-order chi connectivity index (χ1) is 24.4. The number of carbonyl (C=O) groups excluding carboxylic acids is 2. The van der Waals surface area contributed by atoms with Gasteiger partial charge in [-0.25, -0.2) is 9.97 Å². The fraction of sp³-hybridized carbons (Fsp3) is 0.459. The Morgan fingerprint density at radius 1 is 0.980 bits per heavy atom. The molecule has 1 aromatic carbocycles. The number of fused-ring (bicyclic) bond motifs is 2. The summed E-state index contributed by atoms with van der Waals surface area (Å²) in [5.41, 5.74) is 5.39. The third kappa shape index (κ3) is 5.93. The van der Waals surface area contributed by atoms with Gasteiger partial charge in [0.05, 0.1) is 23.6 Å². The van der Waals surface area contributed by atoms with Gasteiger partial charge < -0.3 is 19.7 Å². The van der Waals surface area contributed by atoms with Crippen molar-refractivity contribution in [1.82, 2.24) is 39.5 Å². The van der Waals surface area contributed by atoms with Crippen molar-refractivity contribution in [2.45, 2.75) is 71.0 Å². The van der Waals surface area contributed by atoms with Gasteiger partial charge in [-0.1, -0.05) is 26.3 Å². The molecule has 0 bridgehead atoms. The van der Waals surface area contributed by atoms with Crippen LogP contribution in [0.25, 0.3) is 21.9 Å². The molecule has 13 nitrogen and oxygen atoms in total. The van der Waals surface area contributed by atoms with Crippen molar-refractivity contribution in [3.05, 3.63) is 60.7 Å². The lowest BCUT2D eigenvalue weighted by atomic mass is 10.0. The van der Waals surface area contributed by atoms with E-state index in [1.54, 1.807) is 4.68 Å². The van der Waals surface area contributed by atoms with Gasteiger partial charge in [0.2, 0.25) is 11.9 Å². The summed E-state index contributed by atoms with van der Waals surface area (Å²) < 4.78 is 4.14. The lowest BCUT2D eigenvalue weighted by molar-refractivity contribution is -0.135. The van der Waals surface area contributed by atoms with E-state index >= 15 is 0 Å². The topological polar surface area (TPSA) is 129 Å². The normalized spacial score (nSPS) is 19.6. The number of rotatable bonds is 10. The second kappa shape index (κ2) is 13.3. The van der Waals surface area contributed by atoms with E-state index < -0.39 is 6.04 Å². The second-order valence-electron chi connectivity index (χ2n) is 13.9. The number of amides is 2. The zero-order valence-electron chi connectivity index (χ0n) is 29.0. The number of anilines is 4. The SMILES string of the molecule is CCCC(CC)n1c(C)cc2cnc(Nc3ccc(N4CCN(C5CN(c6cccc7c6cnn7C6CCC(=O)NC6=O)C5)CC4)cn3)nc21. The summed E-state index contributed by atoms with van der Waals surface area (Å²) in [6.07, 6.45) is 9.85. The van der Waals surface area contributed by atoms with E-state index in [1.165, 1.54) is 5.69 Å². The maximum absolute atomic E-state index is 12.5. The summed E-state index contributed by atoms with van der Waals surface area (Å²) in [5, 5.41) is 12.5. The smallest absolute Gasteiger partial charge is 0.251 e. The fourth-order valence-corrected chi connectivity index (χ4v) is 7.99. The van der Waals surface area contributed by atoms with Gasteiger partial charge in [0, 0.05) is 86.1 Å². The van der Waals surface area contributed by atoms with Crippen LogP contribution in [0.15, 0.2) is 55.0 Å². The zero-order chi connectivity index (χ0) is 34.4. The van der Waals surface area contributed by atoms with E-state index in [-0.39, 0.29) is 11.8 Å². The number of nitrogens with one attached hydrogen (secondary N) is 2. The molecule has 3 aliphatic heterocycles. The van der Waals surface area contributed by atoms with E-state index in [0.717, 1.165) is 97.7 Å². The predicted molar refractivity (Wildman–Crippen MR) is 195 cm³/mol. The van der Waals surface area contributed by atoms with Gasteiger partial charge in [-0.15, -0.1) is 0 Å². The van der Waals surface area contributed by atoms with Gasteiger partial charge in [0.1, 0.15) is 17.5 Å². The molecule has 0 spiro atoms. The summed E-state index contributed by atoms with van der Waals surface area (Å²) in [5.74, 6) is 0.799. The molecule has 2 atom stereocenters. The quantitative estimate of drug-likeness (QED) is 0.196. The van der Waals surface area contributed by atoms with Crippen molar-refractivity contribution in [2.75, 3.05) is 54.4 Å². The van der Waals surface area contributed by atoms with Crippen LogP contribution in [0.1, 0.15) is 63.7 Å². The van der Waals surface area contributed by atoms with Gasteiger partial charge in [-0.3, -0.25) is 24.5 Å². The Kier molecular flexibility index (Phi) is 8.59. The summed E-state index contributed by atoms with van der Waals surface area (Å²) in [4.78, 5) is 45.8. The molecule has 8 rings (SSSR count). The van der Waals surface area contributed by atoms with Crippen LogP contribution in [0.3, 0.4) is 0 Å². The molecule has 3 fully saturated rings. The van der Waals surface area contributed by atoms with E-state index in [9.17, 15) is 9.59 Å². The lowest BCUT2D eigenvalue weighted by Crippen LogP contribution is -2.63. The Morgan fingerprint density at radius 2 is 1.82 bits per heavy atom. The molecule has 5 aromatic rings. The molecule has 0 radical (unpaired) electrons. The van der Waals surface area contributed by atoms with Crippen molar-refractivity contribution in [3.8, 4) is 0 Å². The highest BCUT2D eigenvalue weighted by atomic mass is 16.2. The molecule has 0 aliphatic carbocycles. The number of benzene rings is 1. The zero-order valence-corrected chi connectivity index (χ0v) is 29.0. The Bertz CT molecular complexity index is 2020. The maximum Gasteiger partial charge on any atom is 0.251 e. The van der Waals surface area contributed by atoms with Crippen molar-refractivity contribution < 1.29 is 9.59 Å². The molecule has 2 N–H and O–H groups in total. The third-order valence-electron chi connectivity index (χ3n) is 10.7. The highest BCUT2D eigenvalue weighted by molar-refractivity contribution is 6.00. The average molecular weight is 676 g/mol. The number of aryl methyl sites for hydroxylation is 1. The van der Waals surface area contributed by atoms with Crippen LogP contribution in [0, 0.1) is 6.92 Å². The first-order valence-corrected chi connectivity index (χ1v) is 18.0. The molecule has 260 valence electrons. The minimum atomic E-state index is -0.459. The fourth-order valence-electron chi connectivity index (χ4n) is 7.99. The maximum atomic E-state index is 12.5. The van der Waals surface area contributed by atoms with E-state index in [1.807, 2.05) is 36.8 Å². The van der Waals surface area contributed by atoms with E-state index in [2.05, 4.69) is 79.0 Å². The van der Waals surface area contributed by atoms with Crippen LogP contribution >= 0.6 is 0 Å². The number of hydrogen-bond donors (Lipinski definition) is 2. The molecular weight excluding hydrogens is 630 g/mol. The van der Waals surface area contributed by atoms with Crippen molar-refractivity contribution in [2.24, 2.45) is 0 Å². The number of piperazine rings is 1. The van der Waals surface area contributed by atoms with Crippen LogP contribution in [-0.4, -0.2) is 91.3 Å². The third-order valence-corrected chi connectivity index (χ3v) is 10.7. The molecule has 7 heterocycles. The summed E-state index contributed by atoms with van der Waals surface area (Å²) in [7, 11) is 0. The molecule has 2 amide bonds. The monoisotopic (exact) mass is 675 g/mol. The minimum absolute atomic E-state index is 0.216. The standard InChI is InChI=1S/C37H45N11O2/c1-4-7-26(5-2)47-24(3)18-25-19-39-37(43-35(25)47)41-33-12-10-27(20-38-33)44-14-16-45(17-15-44)28-22-46(23-28)30-8-6-9-31-29(30)21-40-48(31)32-11-13-34(49)42-36(32)50/h6,8-10,12,18-21,26,28,32H,4-5,7,11,13-17,22-23H2,1-3H3,(H,42,49,50)(H,38,39,41,43). The molecule has 3 aliphatic rings. The van der Waals surface area contributed by atoms with Gasteiger partial charge in [-0.05, 0) is 56.5 Å². The van der Waals surface area contributed by atoms with E-state index in [0.29, 0.717) is 30.9 Å². The van der Waals surface area contributed by atoms with Gasteiger partial charge >= 0.3 is 0 Å².